The number of hydrogen-bond acceptors (Lipinski definition) is 6. The Balaban J connectivity index is 4.03. The van der Waals surface area contributed by atoms with E-state index >= 15 is 0 Å². The van der Waals surface area contributed by atoms with Crippen molar-refractivity contribution in [3.8, 4) is 0 Å². The fraction of sp³-hybridized carbons (Fsp3) is 0.953. The molecule has 9 heteroatoms. The van der Waals surface area contributed by atoms with Crippen LogP contribution >= 0.6 is 7.82 Å². The Bertz CT molecular complexity index is 1200. The number of carbonyl (C=O) groups excluding carboxylic acids is 1. The molecule has 0 saturated carbocycles. The van der Waals surface area contributed by atoms with Crippen molar-refractivity contribution in [2.75, 3.05) is 40.9 Å². The fourth-order valence-corrected chi connectivity index (χ4v) is 10.9. The number of hydrogen-bond donors (Lipinski definition) is 2. The first-order valence-corrected chi connectivity index (χ1v) is 34.0. The second-order valence-electron chi connectivity index (χ2n) is 23.8. The number of allylic oxidation sites excluding steroid dienone is 2. The molecule has 8 nitrogen and oxygen atoms in total. The summed E-state index contributed by atoms with van der Waals surface area (Å²) in [4.78, 5) is 25.6. The molecule has 0 aromatic rings. The molecule has 3 atom stereocenters. The molecule has 0 aliphatic rings. The van der Waals surface area contributed by atoms with E-state index in [-0.39, 0.29) is 19.1 Å². The summed E-state index contributed by atoms with van der Waals surface area (Å²) in [5.41, 5.74) is 0. The number of nitrogens with one attached hydrogen (secondary N) is 1. The van der Waals surface area contributed by atoms with Crippen LogP contribution in [0.1, 0.15) is 341 Å². The van der Waals surface area contributed by atoms with Crippen LogP contribution in [0.15, 0.2) is 12.2 Å². The number of aliphatic hydroxyl groups is 1. The standard InChI is InChI=1S/C64H129N2O6P/c1-6-8-10-12-14-16-18-20-22-24-26-28-29-30-31-32-33-34-35-36-38-40-42-44-46-48-50-52-54-56-58-64(68)65-62(61-72-73(69,70)71-60-59-66(3,4)5)63(67)57-55-53-51-49-47-45-43-41-39-37-27-25-23-21-19-17-15-13-11-9-7-2/h30-31,62-63,67H,6-29,32-61H2,1-5H3,(H-,65,68,69,70)/b31-30-. The topological polar surface area (TPSA) is 108 Å². The van der Waals surface area contributed by atoms with Gasteiger partial charge in [-0.2, -0.15) is 0 Å². The van der Waals surface area contributed by atoms with Crippen LogP contribution in [-0.4, -0.2) is 68.5 Å². The van der Waals surface area contributed by atoms with Crippen molar-refractivity contribution < 1.29 is 32.9 Å². The molecule has 2 N–H and O–H groups in total. The predicted octanol–water partition coefficient (Wildman–Crippen LogP) is 19.5. The summed E-state index contributed by atoms with van der Waals surface area (Å²) in [6.45, 7) is 4.78. The Kier molecular flexibility index (Phi) is 55.4. The molecule has 73 heavy (non-hydrogen) atoms. The van der Waals surface area contributed by atoms with Gasteiger partial charge in [-0.05, 0) is 38.5 Å². The average molecular weight is 1050 g/mol. The first-order chi connectivity index (χ1) is 35.5. The number of likely N-dealkylation sites (N-methyl/N-ethyl adjacent to an activating group) is 1. The van der Waals surface area contributed by atoms with Gasteiger partial charge in [-0.25, -0.2) is 0 Å². The number of nitrogens with zero attached hydrogens (tertiary/aromatic N) is 1. The number of carbonyl (C=O) groups is 1. The zero-order valence-corrected chi connectivity index (χ0v) is 50.8. The summed E-state index contributed by atoms with van der Waals surface area (Å²) in [6, 6.07) is -0.798. The maximum absolute atomic E-state index is 13.0. The molecular formula is C64H129N2O6P. The van der Waals surface area contributed by atoms with Crippen LogP contribution in [0.3, 0.4) is 0 Å². The highest BCUT2D eigenvalue weighted by atomic mass is 31.2. The molecular weight excluding hydrogens is 924 g/mol. The van der Waals surface area contributed by atoms with E-state index in [0.717, 1.165) is 38.5 Å². The Morgan fingerprint density at radius 2 is 0.753 bits per heavy atom. The Labute approximate surface area is 456 Å². The third-order valence-corrected chi connectivity index (χ3v) is 16.2. The average Bonchev–Trinajstić information content (AvgIpc) is 3.35. The van der Waals surface area contributed by atoms with E-state index in [4.69, 9.17) is 9.05 Å². The third-order valence-electron chi connectivity index (χ3n) is 15.3. The second-order valence-corrected chi connectivity index (χ2v) is 25.2. The Morgan fingerprint density at radius 3 is 1.07 bits per heavy atom. The maximum atomic E-state index is 13.0. The van der Waals surface area contributed by atoms with Crippen molar-refractivity contribution in [1.82, 2.24) is 5.32 Å². The fourth-order valence-electron chi connectivity index (χ4n) is 10.2. The molecule has 0 aliphatic heterocycles. The molecule has 0 spiro atoms. The normalized spacial score (nSPS) is 13.8. The molecule has 0 aromatic heterocycles. The van der Waals surface area contributed by atoms with Crippen molar-refractivity contribution >= 4 is 13.7 Å². The minimum atomic E-state index is -4.57. The van der Waals surface area contributed by atoms with E-state index in [0.29, 0.717) is 23.9 Å². The van der Waals surface area contributed by atoms with E-state index in [1.54, 1.807) is 0 Å². The van der Waals surface area contributed by atoms with Gasteiger partial charge in [0.25, 0.3) is 7.82 Å². The van der Waals surface area contributed by atoms with E-state index in [2.05, 4.69) is 31.3 Å². The van der Waals surface area contributed by atoms with Gasteiger partial charge in [-0.1, -0.05) is 309 Å². The van der Waals surface area contributed by atoms with Gasteiger partial charge >= 0.3 is 0 Å². The number of phosphoric acid groups is 1. The van der Waals surface area contributed by atoms with Crippen molar-refractivity contribution in [3.05, 3.63) is 12.2 Å². The van der Waals surface area contributed by atoms with Crippen LogP contribution in [0.25, 0.3) is 0 Å². The lowest BCUT2D eigenvalue weighted by atomic mass is 10.0. The van der Waals surface area contributed by atoms with Crippen molar-refractivity contribution in [2.24, 2.45) is 0 Å². The van der Waals surface area contributed by atoms with Gasteiger partial charge in [0.15, 0.2) is 0 Å². The summed E-state index contributed by atoms with van der Waals surface area (Å²) in [6.07, 6.45) is 69.8. The van der Waals surface area contributed by atoms with E-state index < -0.39 is 20.0 Å². The van der Waals surface area contributed by atoms with Crippen molar-refractivity contribution in [2.45, 2.75) is 353 Å². The highest BCUT2D eigenvalue weighted by Gasteiger charge is 2.24. The minimum Gasteiger partial charge on any atom is -0.756 e. The van der Waals surface area contributed by atoms with Crippen LogP contribution < -0.4 is 10.2 Å². The van der Waals surface area contributed by atoms with Crippen molar-refractivity contribution in [3.63, 3.8) is 0 Å². The van der Waals surface area contributed by atoms with Gasteiger partial charge in [-0.15, -0.1) is 0 Å². The monoisotopic (exact) mass is 1050 g/mol. The molecule has 0 saturated heterocycles. The summed E-state index contributed by atoms with van der Waals surface area (Å²) in [5, 5.41) is 14.1. The zero-order valence-electron chi connectivity index (χ0n) is 49.9. The Hall–Kier alpha value is -0.760. The largest absolute Gasteiger partial charge is 0.756 e. The zero-order chi connectivity index (χ0) is 53.5. The van der Waals surface area contributed by atoms with Crippen LogP contribution in [0.4, 0.5) is 0 Å². The van der Waals surface area contributed by atoms with E-state index in [9.17, 15) is 19.4 Å². The van der Waals surface area contributed by atoms with Gasteiger partial charge < -0.3 is 28.8 Å². The highest BCUT2D eigenvalue weighted by Crippen LogP contribution is 2.38. The van der Waals surface area contributed by atoms with Gasteiger partial charge in [0, 0.05) is 6.42 Å². The first kappa shape index (κ1) is 72.2. The van der Waals surface area contributed by atoms with Gasteiger partial charge in [0.1, 0.15) is 13.2 Å². The first-order valence-electron chi connectivity index (χ1n) is 32.5. The molecule has 3 unspecified atom stereocenters. The molecule has 0 aromatic carbocycles. The number of aliphatic hydroxyl groups excluding tert-OH is 1. The second kappa shape index (κ2) is 56.0. The molecule has 1 amide bonds. The van der Waals surface area contributed by atoms with Crippen molar-refractivity contribution in [1.29, 1.82) is 0 Å². The Morgan fingerprint density at radius 1 is 0.466 bits per heavy atom. The molecule has 0 aliphatic carbocycles. The number of rotatable bonds is 61. The lowest BCUT2D eigenvalue weighted by molar-refractivity contribution is -0.870. The summed E-state index contributed by atoms with van der Waals surface area (Å²) >= 11 is 0. The number of phosphoric ester groups is 1. The summed E-state index contributed by atoms with van der Waals surface area (Å²) < 4.78 is 23.5. The SMILES string of the molecule is CCCCCCCCCCCCCC/C=C\CCCCCCCCCCCCCCCCC(=O)NC(COP(=O)([O-])OCC[N+](C)(C)C)C(O)CCCCCCCCCCCCCCCCCCCCCCC. The molecule has 0 heterocycles. The van der Waals surface area contributed by atoms with E-state index in [1.807, 2.05) is 21.1 Å². The quantitative estimate of drug-likeness (QED) is 0.0272. The van der Waals surface area contributed by atoms with Crippen LogP contribution in [0, 0.1) is 0 Å². The lowest BCUT2D eigenvalue weighted by Gasteiger charge is -2.30. The van der Waals surface area contributed by atoms with Gasteiger partial charge in [-0.3, -0.25) is 9.36 Å². The van der Waals surface area contributed by atoms with Crippen LogP contribution in [0.2, 0.25) is 0 Å². The third kappa shape index (κ3) is 58.8. The van der Waals surface area contributed by atoms with Gasteiger partial charge in [0.05, 0.1) is 39.9 Å². The van der Waals surface area contributed by atoms with E-state index in [1.165, 1.54) is 276 Å². The number of amides is 1. The highest BCUT2D eigenvalue weighted by molar-refractivity contribution is 7.45. The molecule has 0 radical (unpaired) electrons. The molecule has 0 bridgehead atoms. The number of unbranched alkanes of at least 4 members (excludes halogenated alkanes) is 46. The van der Waals surface area contributed by atoms with Crippen LogP contribution in [-0.2, 0) is 18.4 Å². The maximum Gasteiger partial charge on any atom is 0.268 e. The smallest absolute Gasteiger partial charge is 0.268 e. The van der Waals surface area contributed by atoms with Gasteiger partial charge in [0.2, 0.25) is 5.91 Å². The molecule has 0 rings (SSSR count). The number of quaternary nitrogens is 1. The van der Waals surface area contributed by atoms with Crippen LogP contribution in [0.5, 0.6) is 0 Å². The minimum absolute atomic E-state index is 0.0153. The lowest BCUT2D eigenvalue weighted by Crippen LogP contribution is -2.46. The summed E-state index contributed by atoms with van der Waals surface area (Å²) in [7, 11) is 1.32. The predicted molar refractivity (Wildman–Crippen MR) is 316 cm³/mol. The molecule has 0 fully saturated rings. The molecule has 436 valence electrons. The summed E-state index contributed by atoms with van der Waals surface area (Å²) in [5.74, 6) is -0.157.